The summed E-state index contributed by atoms with van der Waals surface area (Å²) in [6.07, 6.45) is 1.58. The molecule has 0 bridgehead atoms. The van der Waals surface area contributed by atoms with Crippen LogP contribution in [-0.2, 0) is 16.0 Å². The zero-order valence-corrected chi connectivity index (χ0v) is 16.5. The Balaban J connectivity index is 1.84. The first-order chi connectivity index (χ1) is 14.2. The van der Waals surface area contributed by atoms with Crippen molar-refractivity contribution in [3.63, 3.8) is 0 Å². The van der Waals surface area contributed by atoms with E-state index in [1.165, 1.54) is 0 Å². The molecule has 6 nitrogen and oxygen atoms in total. The molecule has 0 radical (unpaired) electrons. The van der Waals surface area contributed by atoms with Gasteiger partial charge in [0.15, 0.2) is 0 Å². The monoisotopic (exact) mass is 392 g/mol. The molecule has 4 rings (SSSR count). The Morgan fingerprint density at radius 1 is 1.10 bits per heavy atom. The van der Waals surface area contributed by atoms with Crippen molar-refractivity contribution >= 4 is 16.9 Å². The van der Waals surface area contributed by atoms with Crippen molar-refractivity contribution in [2.75, 3.05) is 32.9 Å². The summed E-state index contributed by atoms with van der Waals surface area (Å²) in [7, 11) is 0. The lowest BCUT2D eigenvalue weighted by Gasteiger charge is -2.26. The van der Waals surface area contributed by atoms with E-state index in [2.05, 4.69) is 4.90 Å². The van der Waals surface area contributed by atoms with Crippen LogP contribution in [0.15, 0.2) is 59.5 Å². The maximum Gasteiger partial charge on any atom is 0.343 e. The molecule has 1 saturated heterocycles. The minimum atomic E-state index is -0.595. The minimum Gasteiger partial charge on any atom is -0.462 e. The van der Waals surface area contributed by atoms with Gasteiger partial charge in [0.25, 0.3) is 0 Å². The highest BCUT2D eigenvalue weighted by Gasteiger charge is 2.18. The number of para-hydroxylation sites is 1. The highest BCUT2D eigenvalue weighted by atomic mass is 16.5. The fraction of sp³-hybridized carbons (Fsp3) is 0.304. The summed E-state index contributed by atoms with van der Waals surface area (Å²) in [4.78, 5) is 27.9. The number of esters is 1. The lowest BCUT2D eigenvalue weighted by molar-refractivity contribution is 0.0342. The van der Waals surface area contributed by atoms with E-state index in [1.54, 1.807) is 13.1 Å². The van der Waals surface area contributed by atoms with Crippen molar-refractivity contribution < 1.29 is 14.3 Å². The van der Waals surface area contributed by atoms with Gasteiger partial charge in [-0.1, -0.05) is 24.3 Å². The normalized spacial score (nSPS) is 14.8. The van der Waals surface area contributed by atoms with Crippen LogP contribution in [0.5, 0.6) is 0 Å². The first-order valence-corrected chi connectivity index (χ1v) is 9.88. The Bertz CT molecular complexity index is 1070. The molecule has 2 heterocycles. The van der Waals surface area contributed by atoms with E-state index >= 15 is 0 Å². The number of rotatable bonds is 5. The molecular weight excluding hydrogens is 368 g/mol. The third kappa shape index (κ3) is 4.09. The average Bonchev–Trinajstić information content (AvgIpc) is 2.76. The van der Waals surface area contributed by atoms with Gasteiger partial charge in [-0.15, -0.1) is 0 Å². The molecule has 0 amide bonds. The topological polar surface area (TPSA) is 60.8 Å². The van der Waals surface area contributed by atoms with Gasteiger partial charge in [0, 0.05) is 36.9 Å². The van der Waals surface area contributed by atoms with Crippen molar-refractivity contribution in [3.8, 4) is 5.69 Å². The van der Waals surface area contributed by atoms with Gasteiger partial charge in [0.2, 0.25) is 5.43 Å². The Labute approximate surface area is 169 Å². The lowest BCUT2D eigenvalue weighted by Crippen LogP contribution is -2.35. The van der Waals surface area contributed by atoms with E-state index in [9.17, 15) is 9.59 Å². The number of carbonyl (C=O) groups is 1. The van der Waals surface area contributed by atoms with Crippen LogP contribution in [0.25, 0.3) is 16.6 Å². The fourth-order valence-corrected chi connectivity index (χ4v) is 3.65. The first kappa shape index (κ1) is 19.4. The molecule has 6 heteroatoms. The van der Waals surface area contributed by atoms with Crippen LogP contribution in [0.1, 0.15) is 22.8 Å². The number of aromatic nitrogens is 1. The van der Waals surface area contributed by atoms with E-state index in [0.29, 0.717) is 5.39 Å². The van der Waals surface area contributed by atoms with Crippen LogP contribution in [0, 0.1) is 0 Å². The number of fused-ring (bicyclic) bond motifs is 1. The van der Waals surface area contributed by atoms with E-state index < -0.39 is 5.97 Å². The highest BCUT2D eigenvalue weighted by molar-refractivity contribution is 5.94. The molecular formula is C23H24N2O4. The molecule has 1 fully saturated rings. The molecule has 0 saturated carbocycles. The second kappa shape index (κ2) is 8.59. The number of benzene rings is 2. The molecule has 0 aliphatic carbocycles. The number of morpholine rings is 1. The Kier molecular flexibility index (Phi) is 5.74. The summed E-state index contributed by atoms with van der Waals surface area (Å²) >= 11 is 0. The third-order valence-corrected chi connectivity index (χ3v) is 5.11. The number of hydrogen-bond donors (Lipinski definition) is 0. The third-order valence-electron chi connectivity index (χ3n) is 5.11. The fourth-order valence-electron chi connectivity index (χ4n) is 3.65. The number of carbonyl (C=O) groups excluding carboxylic acids is 1. The van der Waals surface area contributed by atoms with Crippen molar-refractivity contribution in [3.05, 3.63) is 76.1 Å². The van der Waals surface area contributed by atoms with Crippen molar-refractivity contribution in [2.24, 2.45) is 0 Å². The molecule has 0 spiro atoms. The molecule has 1 aliphatic rings. The molecule has 0 unspecified atom stereocenters. The zero-order chi connectivity index (χ0) is 20.2. The highest BCUT2D eigenvalue weighted by Crippen LogP contribution is 2.20. The van der Waals surface area contributed by atoms with Gasteiger partial charge < -0.3 is 14.0 Å². The molecule has 2 aromatic carbocycles. The predicted molar refractivity (Wildman–Crippen MR) is 112 cm³/mol. The van der Waals surface area contributed by atoms with E-state index in [0.717, 1.165) is 49.6 Å². The van der Waals surface area contributed by atoms with E-state index in [4.69, 9.17) is 9.47 Å². The first-order valence-electron chi connectivity index (χ1n) is 9.88. The summed E-state index contributed by atoms with van der Waals surface area (Å²) < 4.78 is 12.4. The number of pyridine rings is 1. The van der Waals surface area contributed by atoms with Gasteiger partial charge in [-0.25, -0.2) is 4.79 Å². The number of ether oxygens (including phenoxy) is 2. The van der Waals surface area contributed by atoms with Crippen molar-refractivity contribution in [1.29, 1.82) is 0 Å². The van der Waals surface area contributed by atoms with Crippen molar-refractivity contribution in [1.82, 2.24) is 9.47 Å². The average molecular weight is 392 g/mol. The SMILES string of the molecule is CCOC(=O)c1cn(-c2ccccc2)c2ccc(CN3CCOCC3)cc2c1=O. The van der Waals surface area contributed by atoms with Gasteiger partial charge in [-0.3, -0.25) is 9.69 Å². The summed E-state index contributed by atoms with van der Waals surface area (Å²) in [6, 6.07) is 15.6. The quantitative estimate of drug-likeness (QED) is 0.625. The largest absolute Gasteiger partial charge is 0.462 e. The van der Waals surface area contributed by atoms with Gasteiger partial charge in [0.1, 0.15) is 5.56 Å². The Morgan fingerprint density at radius 2 is 1.86 bits per heavy atom. The molecule has 1 aliphatic heterocycles. The molecule has 1 aromatic heterocycles. The van der Waals surface area contributed by atoms with Crippen LogP contribution in [0.3, 0.4) is 0 Å². The Morgan fingerprint density at radius 3 is 2.59 bits per heavy atom. The zero-order valence-electron chi connectivity index (χ0n) is 16.5. The summed E-state index contributed by atoms with van der Waals surface area (Å²) in [6.45, 7) is 5.88. The second-order valence-corrected chi connectivity index (χ2v) is 7.04. The molecule has 0 N–H and O–H groups in total. The van der Waals surface area contributed by atoms with E-state index in [-0.39, 0.29) is 17.6 Å². The van der Waals surface area contributed by atoms with Gasteiger partial charge in [0.05, 0.1) is 25.3 Å². The van der Waals surface area contributed by atoms with E-state index in [1.807, 2.05) is 53.1 Å². The summed E-state index contributed by atoms with van der Waals surface area (Å²) in [5, 5.41) is 0.519. The van der Waals surface area contributed by atoms with Gasteiger partial charge >= 0.3 is 5.97 Å². The van der Waals surface area contributed by atoms with Gasteiger partial charge in [-0.05, 0) is 36.8 Å². The van der Waals surface area contributed by atoms with Gasteiger partial charge in [-0.2, -0.15) is 0 Å². The molecule has 3 aromatic rings. The number of hydrogen-bond acceptors (Lipinski definition) is 5. The number of nitrogens with zero attached hydrogens (tertiary/aromatic N) is 2. The standard InChI is InChI=1S/C23H24N2O4/c1-2-29-23(27)20-16-25(18-6-4-3-5-7-18)21-9-8-17(14-19(21)22(20)26)15-24-10-12-28-13-11-24/h3-9,14,16H,2,10-13,15H2,1H3. The lowest BCUT2D eigenvalue weighted by atomic mass is 10.1. The van der Waals surface area contributed by atoms with Crippen LogP contribution in [0.2, 0.25) is 0 Å². The smallest absolute Gasteiger partial charge is 0.343 e. The second-order valence-electron chi connectivity index (χ2n) is 7.04. The minimum absolute atomic E-state index is 0.0479. The summed E-state index contributed by atoms with van der Waals surface area (Å²) in [5.74, 6) is -0.595. The molecule has 150 valence electrons. The van der Waals surface area contributed by atoms with Crippen molar-refractivity contribution in [2.45, 2.75) is 13.5 Å². The Hall–Kier alpha value is -2.96. The maximum atomic E-state index is 13.1. The van der Waals surface area contributed by atoms with Crippen LogP contribution in [-0.4, -0.2) is 48.3 Å². The predicted octanol–water partition coefficient (Wildman–Crippen LogP) is 3.00. The van der Waals surface area contributed by atoms with Crippen LogP contribution >= 0.6 is 0 Å². The summed E-state index contributed by atoms with van der Waals surface area (Å²) in [5.41, 5.74) is 2.43. The van der Waals surface area contributed by atoms with Crippen LogP contribution < -0.4 is 5.43 Å². The van der Waals surface area contributed by atoms with Crippen LogP contribution in [0.4, 0.5) is 0 Å². The maximum absolute atomic E-state index is 13.1. The molecule has 29 heavy (non-hydrogen) atoms. The molecule has 0 atom stereocenters.